The fraction of sp³-hybridized carbons (Fsp3) is 0.500. The lowest BCUT2D eigenvalue weighted by Crippen LogP contribution is -2.32. The monoisotopic (exact) mass is 255 g/mol. The van der Waals surface area contributed by atoms with Gasteiger partial charge in [-0.2, -0.15) is 0 Å². The third kappa shape index (κ3) is 3.85. The zero-order valence-corrected chi connectivity index (χ0v) is 10.9. The van der Waals surface area contributed by atoms with Gasteiger partial charge in [0.1, 0.15) is 0 Å². The Morgan fingerprint density at radius 3 is 2.53 bits per heavy atom. The average Bonchev–Trinajstić information content (AvgIpc) is 2.77. The van der Waals surface area contributed by atoms with Crippen molar-refractivity contribution in [1.82, 2.24) is 4.90 Å². The number of nitrogens with zero attached hydrogens (tertiary/aromatic N) is 1. The number of carbonyl (C=O) groups is 2. The Balaban J connectivity index is 2.68. The molecule has 0 saturated carbocycles. The summed E-state index contributed by atoms with van der Waals surface area (Å²) in [5, 5.41) is 8.62. The predicted octanol–water partition coefficient (Wildman–Crippen LogP) is 2.25. The van der Waals surface area contributed by atoms with E-state index in [1.165, 1.54) is 16.2 Å². The molecule has 1 rings (SSSR count). The topological polar surface area (TPSA) is 57.6 Å². The number of carbonyl (C=O) groups excluding carboxylic acids is 1. The standard InChI is InChI=1S/C12H17NO3S/c1-3-9-5-6-10(17-9)12(16)13(4-2)8-7-11(14)15/h5-6H,3-4,7-8H2,1-2H3,(H,14,15). The molecule has 0 aliphatic rings. The van der Waals surface area contributed by atoms with Crippen molar-refractivity contribution in [2.45, 2.75) is 26.7 Å². The number of aryl methyl sites for hydroxylation is 1. The lowest BCUT2D eigenvalue weighted by atomic mass is 10.3. The maximum atomic E-state index is 12.1. The highest BCUT2D eigenvalue weighted by molar-refractivity contribution is 7.14. The minimum atomic E-state index is -0.878. The van der Waals surface area contributed by atoms with Crippen molar-refractivity contribution in [2.75, 3.05) is 13.1 Å². The Kier molecular flexibility index (Phi) is 5.15. The summed E-state index contributed by atoms with van der Waals surface area (Å²) in [6.07, 6.45) is 0.908. The van der Waals surface area contributed by atoms with E-state index in [4.69, 9.17) is 5.11 Å². The van der Waals surface area contributed by atoms with Gasteiger partial charge >= 0.3 is 5.97 Å². The molecule has 0 aliphatic heterocycles. The second-order valence-corrected chi connectivity index (χ2v) is 4.82. The second-order valence-electron chi connectivity index (χ2n) is 3.65. The summed E-state index contributed by atoms with van der Waals surface area (Å²) in [7, 11) is 0. The van der Waals surface area contributed by atoms with E-state index in [0.717, 1.165) is 6.42 Å². The fourth-order valence-electron chi connectivity index (χ4n) is 1.47. The first-order valence-corrected chi connectivity index (χ1v) is 6.49. The SMILES string of the molecule is CCc1ccc(C(=O)N(CC)CCC(=O)O)s1. The van der Waals surface area contributed by atoms with E-state index in [1.54, 1.807) is 4.90 Å². The molecule has 17 heavy (non-hydrogen) atoms. The third-order valence-electron chi connectivity index (χ3n) is 2.49. The van der Waals surface area contributed by atoms with Crippen LogP contribution in [0.5, 0.6) is 0 Å². The largest absolute Gasteiger partial charge is 0.481 e. The van der Waals surface area contributed by atoms with Crippen molar-refractivity contribution in [3.05, 3.63) is 21.9 Å². The molecule has 1 aromatic rings. The van der Waals surface area contributed by atoms with Gasteiger partial charge in [0.05, 0.1) is 11.3 Å². The van der Waals surface area contributed by atoms with Crippen molar-refractivity contribution in [3.8, 4) is 0 Å². The number of thiophene rings is 1. The Labute approximate surface area is 105 Å². The minimum Gasteiger partial charge on any atom is -0.481 e. The maximum Gasteiger partial charge on any atom is 0.305 e. The first-order chi connectivity index (χ1) is 8.08. The highest BCUT2D eigenvalue weighted by atomic mass is 32.1. The average molecular weight is 255 g/mol. The van der Waals surface area contributed by atoms with E-state index in [1.807, 2.05) is 26.0 Å². The van der Waals surface area contributed by atoms with E-state index >= 15 is 0 Å². The van der Waals surface area contributed by atoms with Crippen LogP contribution in [0.2, 0.25) is 0 Å². The minimum absolute atomic E-state index is 0.00834. The van der Waals surface area contributed by atoms with Gasteiger partial charge in [-0.05, 0) is 25.5 Å². The summed E-state index contributed by atoms with van der Waals surface area (Å²) in [5.41, 5.74) is 0. The molecular formula is C12H17NO3S. The zero-order chi connectivity index (χ0) is 12.8. The van der Waals surface area contributed by atoms with Crippen LogP contribution >= 0.6 is 11.3 Å². The summed E-state index contributed by atoms with van der Waals surface area (Å²) < 4.78 is 0. The van der Waals surface area contributed by atoms with E-state index in [0.29, 0.717) is 11.4 Å². The second kappa shape index (κ2) is 6.39. The van der Waals surface area contributed by atoms with Crippen LogP contribution in [0, 0.1) is 0 Å². The Bertz CT molecular complexity index is 400. The van der Waals surface area contributed by atoms with Crippen LogP contribution in [0.3, 0.4) is 0 Å². The van der Waals surface area contributed by atoms with Gasteiger partial charge in [0.25, 0.3) is 5.91 Å². The van der Waals surface area contributed by atoms with Gasteiger partial charge in [-0.25, -0.2) is 0 Å². The van der Waals surface area contributed by atoms with Crippen molar-refractivity contribution in [3.63, 3.8) is 0 Å². The normalized spacial score (nSPS) is 10.2. The van der Waals surface area contributed by atoms with Crippen molar-refractivity contribution in [2.24, 2.45) is 0 Å². The molecule has 94 valence electrons. The van der Waals surface area contributed by atoms with Gasteiger partial charge in [0, 0.05) is 18.0 Å². The Hall–Kier alpha value is -1.36. The van der Waals surface area contributed by atoms with Crippen LogP contribution < -0.4 is 0 Å². The molecule has 0 radical (unpaired) electrons. The summed E-state index contributed by atoms with van der Waals surface area (Å²) in [5.74, 6) is -0.949. The molecule has 0 atom stereocenters. The molecule has 0 aromatic carbocycles. The lowest BCUT2D eigenvalue weighted by Gasteiger charge is -2.18. The summed E-state index contributed by atoms with van der Waals surface area (Å²) in [4.78, 5) is 26.0. The quantitative estimate of drug-likeness (QED) is 0.848. The van der Waals surface area contributed by atoms with Gasteiger partial charge in [-0.3, -0.25) is 9.59 Å². The molecule has 0 fully saturated rings. The van der Waals surface area contributed by atoms with Gasteiger partial charge in [0.2, 0.25) is 0 Å². The first kappa shape index (κ1) is 13.7. The number of carboxylic acids is 1. The fourth-order valence-corrected chi connectivity index (χ4v) is 2.39. The van der Waals surface area contributed by atoms with E-state index in [-0.39, 0.29) is 18.9 Å². The van der Waals surface area contributed by atoms with Crippen molar-refractivity contribution < 1.29 is 14.7 Å². The van der Waals surface area contributed by atoms with Crippen molar-refractivity contribution >= 4 is 23.2 Å². The molecule has 0 saturated heterocycles. The highest BCUT2D eigenvalue weighted by Crippen LogP contribution is 2.18. The van der Waals surface area contributed by atoms with Crippen LogP contribution in [0.15, 0.2) is 12.1 Å². The molecule has 1 aromatic heterocycles. The van der Waals surface area contributed by atoms with Crippen LogP contribution in [-0.2, 0) is 11.2 Å². The molecule has 1 amide bonds. The van der Waals surface area contributed by atoms with Gasteiger partial charge < -0.3 is 10.0 Å². The maximum absolute atomic E-state index is 12.1. The van der Waals surface area contributed by atoms with E-state index < -0.39 is 5.97 Å². The van der Waals surface area contributed by atoms with Crippen LogP contribution in [-0.4, -0.2) is 35.0 Å². The van der Waals surface area contributed by atoms with E-state index in [9.17, 15) is 9.59 Å². The summed E-state index contributed by atoms with van der Waals surface area (Å²) in [6.45, 7) is 4.70. The summed E-state index contributed by atoms with van der Waals surface area (Å²) >= 11 is 1.48. The Morgan fingerprint density at radius 2 is 2.06 bits per heavy atom. The predicted molar refractivity (Wildman–Crippen MR) is 67.5 cm³/mol. The first-order valence-electron chi connectivity index (χ1n) is 5.68. The van der Waals surface area contributed by atoms with Crippen LogP contribution in [0.25, 0.3) is 0 Å². The molecule has 5 heteroatoms. The molecule has 0 unspecified atom stereocenters. The molecule has 0 bridgehead atoms. The van der Waals surface area contributed by atoms with E-state index in [2.05, 4.69) is 0 Å². The highest BCUT2D eigenvalue weighted by Gasteiger charge is 2.16. The number of rotatable bonds is 6. The van der Waals surface area contributed by atoms with Gasteiger partial charge in [-0.15, -0.1) is 11.3 Å². The third-order valence-corrected chi connectivity index (χ3v) is 3.70. The Morgan fingerprint density at radius 1 is 1.35 bits per heavy atom. The molecule has 0 aliphatic carbocycles. The van der Waals surface area contributed by atoms with Gasteiger partial charge in [0.15, 0.2) is 0 Å². The zero-order valence-electron chi connectivity index (χ0n) is 10.1. The summed E-state index contributed by atoms with van der Waals surface area (Å²) in [6, 6.07) is 3.76. The molecule has 0 spiro atoms. The number of aliphatic carboxylic acids is 1. The molecule has 1 heterocycles. The number of amides is 1. The number of hydrogen-bond donors (Lipinski definition) is 1. The van der Waals surface area contributed by atoms with Crippen LogP contribution in [0.1, 0.15) is 34.8 Å². The van der Waals surface area contributed by atoms with Crippen molar-refractivity contribution in [1.29, 1.82) is 0 Å². The lowest BCUT2D eigenvalue weighted by molar-refractivity contribution is -0.137. The molecule has 1 N–H and O–H groups in total. The molecule has 4 nitrogen and oxygen atoms in total. The number of hydrogen-bond acceptors (Lipinski definition) is 3. The van der Waals surface area contributed by atoms with Crippen LogP contribution in [0.4, 0.5) is 0 Å². The molecular weight excluding hydrogens is 238 g/mol. The van der Waals surface area contributed by atoms with Gasteiger partial charge in [-0.1, -0.05) is 6.92 Å². The smallest absolute Gasteiger partial charge is 0.305 e. The number of carboxylic acid groups (broad SMARTS) is 1.